The number of carbonyl (C=O) groups excluding carboxylic acids is 2. The minimum atomic E-state index is -0.974. The van der Waals surface area contributed by atoms with Gasteiger partial charge < -0.3 is 25.2 Å². The molecule has 2 aliphatic rings. The molecule has 2 aromatic rings. The quantitative estimate of drug-likeness (QED) is 0.595. The van der Waals surface area contributed by atoms with Crippen LogP contribution in [0.25, 0.3) is 0 Å². The number of aliphatic hydroxyl groups excluding tert-OH is 2. The van der Waals surface area contributed by atoms with Crippen molar-refractivity contribution in [2.75, 3.05) is 26.2 Å². The van der Waals surface area contributed by atoms with Crippen LogP contribution in [0.15, 0.2) is 36.7 Å². The summed E-state index contributed by atoms with van der Waals surface area (Å²) in [4.78, 5) is 35.9. The highest BCUT2D eigenvalue weighted by Gasteiger charge is 2.40. The molecule has 2 atom stereocenters. The van der Waals surface area contributed by atoms with Gasteiger partial charge in [-0.15, -0.1) is 0 Å². The zero-order valence-electron chi connectivity index (χ0n) is 20.3. The van der Waals surface area contributed by atoms with Crippen molar-refractivity contribution in [2.24, 2.45) is 5.41 Å². The number of aliphatic hydroxyl groups is 2. The molecule has 3 heterocycles. The normalized spacial score (nSPS) is 23.0. The number of amides is 2. The maximum atomic E-state index is 13.0. The molecule has 0 saturated carbocycles. The second kappa shape index (κ2) is 10.7. The highest BCUT2D eigenvalue weighted by atomic mass is 16.5. The lowest BCUT2D eigenvalue weighted by molar-refractivity contribution is -0.124. The number of para-hydroxylation sites is 1. The van der Waals surface area contributed by atoms with Gasteiger partial charge in [0.15, 0.2) is 6.61 Å². The number of nitrogens with one attached hydrogen (secondary N) is 1. The molecule has 1 fully saturated rings. The topological polar surface area (TPSA) is 125 Å². The minimum Gasteiger partial charge on any atom is -0.483 e. The number of benzene rings is 1. The molecule has 1 aromatic heterocycles. The van der Waals surface area contributed by atoms with E-state index in [4.69, 9.17) is 4.74 Å². The summed E-state index contributed by atoms with van der Waals surface area (Å²) in [5.74, 6) is 1.04. The van der Waals surface area contributed by atoms with E-state index >= 15 is 0 Å². The molecule has 4 rings (SSSR count). The van der Waals surface area contributed by atoms with Crippen molar-refractivity contribution in [1.29, 1.82) is 0 Å². The first kappa shape index (κ1) is 25.1. The van der Waals surface area contributed by atoms with E-state index in [0.29, 0.717) is 56.0 Å². The molecule has 2 aliphatic heterocycles. The van der Waals surface area contributed by atoms with Gasteiger partial charge >= 0.3 is 0 Å². The summed E-state index contributed by atoms with van der Waals surface area (Å²) in [7, 11) is 0. The zero-order valence-corrected chi connectivity index (χ0v) is 20.3. The number of nitrogens with zero attached hydrogens (tertiary/aromatic N) is 3. The van der Waals surface area contributed by atoms with Crippen molar-refractivity contribution in [2.45, 2.75) is 57.7 Å². The van der Waals surface area contributed by atoms with E-state index in [1.807, 2.05) is 26.0 Å². The van der Waals surface area contributed by atoms with Gasteiger partial charge in [-0.1, -0.05) is 32.0 Å². The van der Waals surface area contributed by atoms with Crippen LogP contribution in [0.2, 0.25) is 0 Å². The third-order valence-corrected chi connectivity index (χ3v) is 7.05. The van der Waals surface area contributed by atoms with E-state index in [2.05, 4.69) is 15.3 Å². The highest BCUT2D eigenvalue weighted by Crippen LogP contribution is 2.37. The van der Waals surface area contributed by atoms with Crippen molar-refractivity contribution < 1.29 is 24.5 Å². The fourth-order valence-corrected chi connectivity index (χ4v) is 4.80. The Kier molecular flexibility index (Phi) is 7.66. The first-order chi connectivity index (χ1) is 16.8. The largest absolute Gasteiger partial charge is 0.483 e. The maximum absolute atomic E-state index is 13.0. The molecule has 1 aromatic carbocycles. The third-order valence-electron chi connectivity index (χ3n) is 7.05. The van der Waals surface area contributed by atoms with Gasteiger partial charge in [0, 0.05) is 44.4 Å². The molecule has 188 valence electrons. The van der Waals surface area contributed by atoms with Gasteiger partial charge in [0.05, 0.1) is 17.8 Å². The van der Waals surface area contributed by atoms with Crippen LogP contribution in [0.4, 0.5) is 0 Å². The fourth-order valence-electron chi connectivity index (χ4n) is 4.80. The van der Waals surface area contributed by atoms with Crippen LogP contribution in [0.5, 0.6) is 5.75 Å². The molecule has 2 amide bonds. The molecule has 1 saturated heterocycles. The Morgan fingerprint density at radius 3 is 2.51 bits per heavy atom. The van der Waals surface area contributed by atoms with E-state index in [1.165, 1.54) is 0 Å². The van der Waals surface area contributed by atoms with Crippen molar-refractivity contribution in [3.8, 4) is 5.75 Å². The molecular weight excluding hydrogens is 448 g/mol. The molecule has 9 nitrogen and oxygen atoms in total. The van der Waals surface area contributed by atoms with Gasteiger partial charge in [0.1, 0.15) is 11.6 Å². The summed E-state index contributed by atoms with van der Waals surface area (Å²) in [6.45, 7) is 5.17. The smallest absolute Gasteiger partial charge is 0.257 e. The summed E-state index contributed by atoms with van der Waals surface area (Å²) >= 11 is 0. The standard InChI is InChI=1S/C26H34N4O5/c1-17(2)24-27-13-19(14-28-24)25(34)30-9-7-26(8-10-30)12-21(32)20(31)11-18-5-3-4-6-22(18)35-15-23(33)29-16-26/h3-6,13-14,17,20-21,31-32H,7-12,15-16H2,1-2H3,(H,29,33)/t20-,21+/m0/s1. The molecule has 9 heteroatoms. The lowest BCUT2D eigenvalue weighted by Gasteiger charge is -2.43. The van der Waals surface area contributed by atoms with E-state index in [0.717, 1.165) is 5.56 Å². The van der Waals surface area contributed by atoms with Gasteiger partial charge in [0.2, 0.25) is 0 Å². The lowest BCUT2D eigenvalue weighted by atomic mass is 9.73. The van der Waals surface area contributed by atoms with Gasteiger partial charge in [-0.2, -0.15) is 0 Å². The Morgan fingerprint density at radius 1 is 1.14 bits per heavy atom. The van der Waals surface area contributed by atoms with E-state index in [9.17, 15) is 19.8 Å². The fraction of sp³-hybridized carbons (Fsp3) is 0.538. The van der Waals surface area contributed by atoms with Crippen molar-refractivity contribution in [3.05, 3.63) is 53.6 Å². The van der Waals surface area contributed by atoms with Crippen molar-refractivity contribution in [1.82, 2.24) is 20.2 Å². The number of rotatable bonds is 2. The number of carbonyl (C=O) groups is 2. The van der Waals surface area contributed by atoms with Crippen LogP contribution < -0.4 is 10.1 Å². The van der Waals surface area contributed by atoms with Gasteiger partial charge in [-0.25, -0.2) is 9.97 Å². The Morgan fingerprint density at radius 2 is 1.83 bits per heavy atom. The maximum Gasteiger partial charge on any atom is 0.257 e. The first-order valence-electron chi connectivity index (χ1n) is 12.2. The zero-order chi connectivity index (χ0) is 25.0. The summed E-state index contributed by atoms with van der Waals surface area (Å²) in [5, 5.41) is 24.6. The van der Waals surface area contributed by atoms with Crippen LogP contribution in [0.1, 0.15) is 60.8 Å². The van der Waals surface area contributed by atoms with Crippen LogP contribution in [0.3, 0.4) is 0 Å². The van der Waals surface area contributed by atoms with Gasteiger partial charge in [-0.3, -0.25) is 9.59 Å². The molecule has 0 radical (unpaired) electrons. The van der Waals surface area contributed by atoms with E-state index in [1.54, 1.807) is 29.4 Å². The van der Waals surface area contributed by atoms with Crippen LogP contribution in [-0.2, 0) is 11.2 Å². The first-order valence-corrected chi connectivity index (χ1v) is 12.2. The van der Waals surface area contributed by atoms with E-state index < -0.39 is 17.6 Å². The number of hydrogen-bond donors (Lipinski definition) is 3. The number of likely N-dealkylation sites (tertiary alicyclic amines) is 1. The predicted octanol–water partition coefficient (Wildman–Crippen LogP) is 1.69. The van der Waals surface area contributed by atoms with E-state index in [-0.39, 0.29) is 30.8 Å². The molecule has 35 heavy (non-hydrogen) atoms. The van der Waals surface area contributed by atoms with Crippen molar-refractivity contribution in [3.63, 3.8) is 0 Å². The average molecular weight is 483 g/mol. The Bertz CT molecular complexity index is 1030. The average Bonchev–Trinajstić information content (AvgIpc) is 2.86. The monoisotopic (exact) mass is 482 g/mol. The number of hydrogen-bond acceptors (Lipinski definition) is 7. The van der Waals surface area contributed by atoms with Crippen molar-refractivity contribution >= 4 is 11.8 Å². The molecule has 0 aliphatic carbocycles. The van der Waals surface area contributed by atoms with Crippen LogP contribution >= 0.6 is 0 Å². The number of aromatic nitrogens is 2. The summed E-state index contributed by atoms with van der Waals surface area (Å²) < 4.78 is 5.68. The molecule has 0 unspecified atom stereocenters. The lowest BCUT2D eigenvalue weighted by Crippen LogP contribution is -2.51. The third kappa shape index (κ3) is 5.97. The Balaban J connectivity index is 1.45. The highest BCUT2D eigenvalue weighted by molar-refractivity contribution is 5.93. The second-order valence-electron chi connectivity index (χ2n) is 9.99. The molecule has 1 spiro atoms. The predicted molar refractivity (Wildman–Crippen MR) is 129 cm³/mol. The molecule has 0 bridgehead atoms. The summed E-state index contributed by atoms with van der Waals surface area (Å²) in [6.07, 6.45) is 2.93. The summed E-state index contributed by atoms with van der Waals surface area (Å²) in [6, 6.07) is 7.22. The van der Waals surface area contributed by atoms with Crippen LogP contribution in [0, 0.1) is 5.41 Å². The summed E-state index contributed by atoms with van der Waals surface area (Å²) in [5.41, 5.74) is 0.750. The van der Waals surface area contributed by atoms with Gasteiger partial charge in [-0.05, 0) is 36.3 Å². The number of ether oxygens (including phenoxy) is 1. The number of piperidine rings is 1. The molecule has 3 N–H and O–H groups in total. The molecular formula is C26H34N4O5. The Hall–Kier alpha value is -3.04. The minimum absolute atomic E-state index is 0.122. The van der Waals surface area contributed by atoms with Gasteiger partial charge in [0.25, 0.3) is 11.8 Å². The number of fused-ring (bicyclic) bond motifs is 1. The Labute approximate surface area is 205 Å². The van der Waals surface area contributed by atoms with Crippen LogP contribution in [-0.4, -0.2) is 75.3 Å². The SMILES string of the molecule is CC(C)c1ncc(C(=O)N2CCC3(CC2)CNC(=O)COc2ccccc2C[C@H](O)[C@H](O)C3)cn1. The second-order valence-corrected chi connectivity index (χ2v) is 9.99.